The van der Waals surface area contributed by atoms with E-state index in [2.05, 4.69) is 10.3 Å². The van der Waals surface area contributed by atoms with Crippen LogP contribution in [-0.4, -0.2) is 29.3 Å². The molecule has 134 valence electrons. The highest BCUT2D eigenvalue weighted by atomic mass is 32.2. The minimum absolute atomic E-state index is 0.105. The first-order chi connectivity index (χ1) is 12.3. The maximum atomic E-state index is 12.1. The highest BCUT2D eigenvalue weighted by molar-refractivity contribution is 8.03. The van der Waals surface area contributed by atoms with Crippen molar-refractivity contribution in [3.63, 3.8) is 0 Å². The minimum atomic E-state index is -0.720. The number of esters is 1. The van der Waals surface area contributed by atoms with Crippen molar-refractivity contribution in [1.29, 1.82) is 5.26 Å². The van der Waals surface area contributed by atoms with Crippen molar-refractivity contribution in [3.8, 4) is 5.40 Å². The molecule has 26 heavy (non-hydrogen) atoms. The number of thioether (sulfide) groups is 1. The van der Waals surface area contributed by atoms with Gasteiger partial charge in [-0.25, -0.2) is 4.79 Å². The number of aromatic nitrogens is 1. The second-order valence-corrected chi connectivity index (χ2v) is 6.47. The van der Waals surface area contributed by atoms with Crippen molar-refractivity contribution >= 4 is 35.1 Å². The predicted molar refractivity (Wildman–Crippen MR) is 97.1 cm³/mol. The number of benzene rings is 1. The third kappa shape index (κ3) is 4.74. The van der Waals surface area contributed by atoms with Crippen LogP contribution in [0, 0.1) is 24.5 Å². The molecule has 0 radical (unpaired) electrons. The fraction of sp³-hybridized carbons (Fsp3) is 0.222. The Labute approximate surface area is 154 Å². The van der Waals surface area contributed by atoms with Crippen molar-refractivity contribution < 1.29 is 19.1 Å². The summed E-state index contributed by atoms with van der Waals surface area (Å²) in [6.07, 6.45) is 1.41. The monoisotopic (exact) mass is 371 g/mol. The average molecular weight is 371 g/mol. The summed E-state index contributed by atoms with van der Waals surface area (Å²) in [4.78, 5) is 38.6. The van der Waals surface area contributed by atoms with E-state index in [-0.39, 0.29) is 11.5 Å². The number of aryl methyl sites for hydroxylation is 2. The van der Waals surface area contributed by atoms with E-state index in [4.69, 9.17) is 10.00 Å². The van der Waals surface area contributed by atoms with Crippen molar-refractivity contribution in [1.82, 2.24) is 4.98 Å². The molecule has 0 fully saturated rings. The molecule has 1 heterocycles. The Balaban J connectivity index is 1.97. The Bertz CT molecular complexity index is 888. The number of carbonyl (C=O) groups excluding carboxylic acids is 3. The van der Waals surface area contributed by atoms with Crippen molar-refractivity contribution in [2.45, 2.75) is 25.7 Å². The van der Waals surface area contributed by atoms with E-state index in [0.717, 1.165) is 27.8 Å². The number of carbonyl (C=O) groups is 3. The smallest absolute Gasteiger partial charge is 0.355 e. The third-order valence-electron chi connectivity index (χ3n) is 3.58. The van der Waals surface area contributed by atoms with Gasteiger partial charge in [-0.05, 0) is 61.9 Å². The first kappa shape index (κ1) is 19.3. The van der Waals surface area contributed by atoms with Crippen LogP contribution < -0.4 is 5.32 Å². The molecule has 7 nitrogen and oxygen atoms in total. The quantitative estimate of drug-likeness (QED) is 0.349. The van der Waals surface area contributed by atoms with E-state index >= 15 is 0 Å². The second-order valence-electron chi connectivity index (χ2n) is 5.61. The van der Waals surface area contributed by atoms with Gasteiger partial charge in [0.25, 0.3) is 5.91 Å². The lowest BCUT2D eigenvalue weighted by atomic mass is 10.1. The number of aromatic amines is 1. The number of nitrogens with one attached hydrogen (secondary N) is 2. The van der Waals surface area contributed by atoms with Gasteiger partial charge in [0, 0.05) is 22.3 Å². The van der Waals surface area contributed by atoms with Crippen molar-refractivity contribution in [3.05, 3.63) is 46.8 Å². The van der Waals surface area contributed by atoms with Gasteiger partial charge in [0.1, 0.15) is 11.1 Å². The van der Waals surface area contributed by atoms with Crippen LogP contribution in [0.2, 0.25) is 0 Å². The largest absolute Gasteiger partial charge is 0.451 e. The van der Waals surface area contributed by atoms with Crippen LogP contribution in [-0.2, 0) is 9.53 Å². The number of hydrogen-bond donors (Lipinski definition) is 2. The number of Topliss-reactive ketones (excluding diaryl/α,β-unsaturated/α-hetero) is 1. The molecule has 0 atom stereocenters. The molecular weight excluding hydrogens is 354 g/mol. The Morgan fingerprint density at radius 1 is 1.23 bits per heavy atom. The summed E-state index contributed by atoms with van der Waals surface area (Å²) in [5.41, 5.74) is 2.69. The SMILES string of the molecule is CC(=O)c1c[nH]c(C(=O)OCC(=O)Nc2c(C)cc(SC#N)cc2C)c1. The summed E-state index contributed by atoms with van der Waals surface area (Å²) in [6, 6.07) is 4.97. The van der Waals surface area contributed by atoms with Crippen LogP contribution in [0.5, 0.6) is 0 Å². The zero-order valence-corrected chi connectivity index (χ0v) is 15.3. The summed E-state index contributed by atoms with van der Waals surface area (Å²) < 4.78 is 4.96. The molecule has 0 spiro atoms. The van der Waals surface area contributed by atoms with Gasteiger partial charge in [-0.15, -0.1) is 0 Å². The molecule has 0 aliphatic rings. The number of rotatable bonds is 6. The molecule has 2 rings (SSSR count). The van der Waals surface area contributed by atoms with Gasteiger partial charge in [-0.1, -0.05) is 0 Å². The van der Waals surface area contributed by atoms with Gasteiger partial charge in [-0.2, -0.15) is 5.26 Å². The van der Waals surface area contributed by atoms with Gasteiger partial charge in [0.2, 0.25) is 0 Å². The van der Waals surface area contributed by atoms with Crippen LogP contribution >= 0.6 is 11.8 Å². The van der Waals surface area contributed by atoms with E-state index in [9.17, 15) is 14.4 Å². The van der Waals surface area contributed by atoms with Crippen LogP contribution in [0.1, 0.15) is 38.9 Å². The van der Waals surface area contributed by atoms with Gasteiger partial charge in [-0.3, -0.25) is 9.59 Å². The number of anilines is 1. The number of thiocyanates is 1. The Morgan fingerprint density at radius 2 is 1.88 bits per heavy atom. The number of nitriles is 1. The highest BCUT2D eigenvalue weighted by Crippen LogP contribution is 2.27. The molecular formula is C18H17N3O4S. The van der Waals surface area contributed by atoms with E-state index in [1.807, 2.05) is 19.2 Å². The molecule has 0 aliphatic carbocycles. The number of ketones is 1. The van der Waals surface area contributed by atoms with Crippen LogP contribution in [0.3, 0.4) is 0 Å². The molecule has 0 saturated heterocycles. The average Bonchev–Trinajstić information content (AvgIpc) is 3.07. The van der Waals surface area contributed by atoms with Crippen LogP contribution in [0.25, 0.3) is 0 Å². The standard InChI is InChI=1S/C18H17N3O4S/c1-10-4-14(26-9-19)5-11(2)17(10)21-16(23)8-25-18(24)15-6-13(7-20-15)12(3)22/h4-7,20H,8H2,1-3H3,(H,21,23). The predicted octanol–water partition coefficient (Wildman–Crippen LogP) is 3.20. The lowest BCUT2D eigenvalue weighted by molar-refractivity contribution is -0.119. The van der Waals surface area contributed by atoms with Gasteiger partial charge < -0.3 is 15.0 Å². The number of H-pyrrole nitrogens is 1. The molecule has 0 unspecified atom stereocenters. The molecule has 8 heteroatoms. The third-order valence-corrected chi connectivity index (χ3v) is 4.14. The number of amides is 1. The highest BCUT2D eigenvalue weighted by Gasteiger charge is 2.15. The first-order valence-electron chi connectivity index (χ1n) is 7.65. The summed E-state index contributed by atoms with van der Waals surface area (Å²) in [5, 5.41) is 13.4. The normalized spacial score (nSPS) is 10.1. The Kier molecular flexibility index (Phi) is 6.20. The maximum Gasteiger partial charge on any atom is 0.355 e. The number of hydrogen-bond acceptors (Lipinski definition) is 6. The lowest BCUT2D eigenvalue weighted by Gasteiger charge is -2.13. The van der Waals surface area contributed by atoms with Gasteiger partial charge >= 0.3 is 5.97 Å². The molecule has 0 saturated carbocycles. The van der Waals surface area contributed by atoms with E-state index < -0.39 is 18.5 Å². The molecule has 0 bridgehead atoms. The van der Waals surface area contributed by atoms with Gasteiger partial charge in [0.15, 0.2) is 12.4 Å². The summed E-state index contributed by atoms with van der Waals surface area (Å²) in [7, 11) is 0. The number of ether oxygens (including phenoxy) is 1. The van der Waals surface area contributed by atoms with Crippen molar-refractivity contribution in [2.24, 2.45) is 0 Å². The minimum Gasteiger partial charge on any atom is -0.451 e. The lowest BCUT2D eigenvalue weighted by Crippen LogP contribution is -2.22. The maximum absolute atomic E-state index is 12.1. The van der Waals surface area contributed by atoms with E-state index in [0.29, 0.717) is 11.3 Å². The first-order valence-corrected chi connectivity index (χ1v) is 8.47. The van der Waals surface area contributed by atoms with E-state index in [1.165, 1.54) is 19.2 Å². The zero-order chi connectivity index (χ0) is 19.3. The molecule has 1 aromatic carbocycles. The van der Waals surface area contributed by atoms with Crippen LogP contribution in [0.15, 0.2) is 29.3 Å². The summed E-state index contributed by atoms with van der Waals surface area (Å²) in [6.45, 7) is 4.56. The zero-order valence-electron chi connectivity index (χ0n) is 14.5. The van der Waals surface area contributed by atoms with Crippen molar-refractivity contribution in [2.75, 3.05) is 11.9 Å². The number of nitrogens with zero attached hydrogens (tertiary/aromatic N) is 1. The molecule has 1 amide bonds. The van der Waals surface area contributed by atoms with E-state index in [1.54, 1.807) is 12.1 Å². The Hall–Kier alpha value is -3.05. The topological polar surface area (TPSA) is 112 Å². The second kappa shape index (κ2) is 8.36. The molecule has 1 aromatic heterocycles. The fourth-order valence-electron chi connectivity index (χ4n) is 2.33. The van der Waals surface area contributed by atoms with Crippen LogP contribution in [0.4, 0.5) is 5.69 Å². The summed E-state index contributed by atoms with van der Waals surface area (Å²) in [5.74, 6) is -1.38. The molecule has 0 aliphatic heterocycles. The summed E-state index contributed by atoms with van der Waals surface area (Å²) >= 11 is 1.04. The molecule has 2 N–H and O–H groups in total. The Morgan fingerprint density at radius 3 is 2.42 bits per heavy atom. The van der Waals surface area contributed by atoms with Gasteiger partial charge in [0.05, 0.1) is 0 Å². The fourth-order valence-corrected chi connectivity index (χ4v) is 2.91. The molecule has 2 aromatic rings.